The fourth-order valence-electron chi connectivity index (χ4n) is 5.64. The van der Waals surface area contributed by atoms with E-state index in [9.17, 15) is 28.7 Å². The summed E-state index contributed by atoms with van der Waals surface area (Å²) in [4.78, 5) is 50.7. The summed E-state index contributed by atoms with van der Waals surface area (Å²) in [6.45, 7) is 8.17. The summed E-state index contributed by atoms with van der Waals surface area (Å²) in [6, 6.07) is 0. The molecular weight excluding hydrogens is 583 g/mol. The molecule has 0 aliphatic carbocycles. The summed E-state index contributed by atoms with van der Waals surface area (Å²) in [5, 5.41) is 11.3. The van der Waals surface area contributed by atoms with E-state index in [1.807, 2.05) is 0 Å². The van der Waals surface area contributed by atoms with Crippen LogP contribution in [0.1, 0.15) is 137 Å². The maximum atomic E-state index is 14.7. The number of carbonyl (C=O) groups is 2. The van der Waals surface area contributed by atoms with Crippen molar-refractivity contribution in [1.82, 2.24) is 9.13 Å². The number of rotatable bonds is 23. The van der Waals surface area contributed by atoms with E-state index in [4.69, 9.17) is 14.2 Å². The molecule has 0 aromatic carbocycles. The molecule has 45 heavy (non-hydrogen) atoms. The Labute approximate surface area is 267 Å². The first-order chi connectivity index (χ1) is 21.4. The number of Topliss-reactive ketones (excluding diaryl/α,β-unsaturated/α-hetero) is 1. The largest absolute Gasteiger partial charge is 0.463 e. The van der Waals surface area contributed by atoms with Crippen LogP contribution in [0.4, 0.5) is 4.39 Å². The fraction of sp³-hybridized carbons (Fsp3) is 0.824. The Morgan fingerprint density at radius 1 is 0.933 bits per heavy atom. The minimum absolute atomic E-state index is 0.312. The zero-order valence-corrected chi connectivity index (χ0v) is 28.2. The lowest BCUT2D eigenvalue weighted by Crippen LogP contribution is -2.50. The SMILES string of the molecule is CCCCCCCCCCCCCCCCOCn1c(=O)c(F)cn([C@H]2C[C@@](O)(C(=O)C(C)C)[C@@H](COC(=O)C(C)C)O2)c1=O. The molecule has 0 saturated carbocycles. The van der Waals surface area contributed by atoms with E-state index in [0.717, 1.165) is 30.3 Å². The summed E-state index contributed by atoms with van der Waals surface area (Å²) in [7, 11) is 0. The molecule has 1 aliphatic rings. The molecular formula is C34H57FN2O8. The highest BCUT2D eigenvalue weighted by molar-refractivity contribution is 5.89. The molecule has 1 aliphatic heterocycles. The van der Waals surface area contributed by atoms with Gasteiger partial charge in [-0.25, -0.2) is 9.36 Å². The number of hydrogen-bond acceptors (Lipinski definition) is 8. The lowest BCUT2D eigenvalue weighted by atomic mass is 9.84. The van der Waals surface area contributed by atoms with Crippen LogP contribution >= 0.6 is 0 Å². The maximum absolute atomic E-state index is 14.7. The molecule has 0 bridgehead atoms. The molecule has 0 spiro atoms. The van der Waals surface area contributed by atoms with Crippen LogP contribution in [0, 0.1) is 17.7 Å². The van der Waals surface area contributed by atoms with E-state index in [1.165, 1.54) is 64.2 Å². The molecule has 0 unspecified atom stereocenters. The van der Waals surface area contributed by atoms with Crippen molar-refractivity contribution < 1.29 is 33.3 Å². The van der Waals surface area contributed by atoms with Gasteiger partial charge in [0.05, 0.1) is 12.1 Å². The summed E-state index contributed by atoms with van der Waals surface area (Å²) in [6.07, 6.45) is 14.9. The van der Waals surface area contributed by atoms with Crippen molar-refractivity contribution in [3.63, 3.8) is 0 Å². The highest BCUT2D eigenvalue weighted by Gasteiger charge is 2.54. The molecule has 1 aromatic heterocycles. The van der Waals surface area contributed by atoms with Crippen LogP contribution in [0.3, 0.4) is 0 Å². The van der Waals surface area contributed by atoms with E-state index < -0.39 is 71.9 Å². The number of esters is 1. The molecule has 1 fully saturated rings. The molecule has 11 heteroatoms. The second kappa shape index (κ2) is 20.0. The van der Waals surface area contributed by atoms with Gasteiger partial charge in [-0.1, -0.05) is 118 Å². The van der Waals surface area contributed by atoms with Gasteiger partial charge in [-0.05, 0) is 6.42 Å². The van der Waals surface area contributed by atoms with Crippen LogP contribution in [0.25, 0.3) is 0 Å². The van der Waals surface area contributed by atoms with E-state index in [-0.39, 0.29) is 6.42 Å². The van der Waals surface area contributed by atoms with Crippen LogP contribution in [0.5, 0.6) is 0 Å². The summed E-state index contributed by atoms with van der Waals surface area (Å²) < 4.78 is 32.8. The third-order valence-electron chi connectivity index (χ3n) is 8.47. The number of aromatic nitrogens is 2. The van der Waals surface area contributed by atoms with Crippen LogP contribution in [-0.2, 0) is 30.5 Å². The minimum Gasteiger partial charge on any atom is -0.463 e. The van der Waals surface area contributed by atoms with Gasteiger partial charge in [0.1, 0.15) is 25.7 Å². The van der Waals surface area contributed by atoms with Gasteiger partial charge in [-0.2, -0.15) is 4.39 Å². The van der Waals surface area contributed by atoms with Crippen molar-refractivity contribution in [2.24, 2.45) is 11.8 Å². The highest BCUT2D eigenvalue weighted by atomic mass is 19.1. The Morgan fingerprint density at radius 3 is 1.98 bits per heavy atom. The average molecular weight is 641 g/mol. The molecule has 1 aromatic rings. The van der Waals surface area contributed by atoms with E-state index in [2.05, 4.69) is 6.92 Å². The standard InChI is InChI=1S/C34H57FN2O8/c1-6-7-8-9-10-11-12-13-14-15-16-17-18-19-20-43-24-37-31(39)27(35)22-36(33(37)41)29-21-34(42,30(38)25(2)3)28(45-29)23-44-32(40)26(4)5/h22,25-26,28-29,42H,6-21,23-24H2,1-5H3/t28-,29-,34+/m1/s1. The van der Waals surface area contributed by atoms with Crippen LogP contribution in [0.2, 0.25) is 0 Å². The van der Waals surface area contributed by atoms with Crippen molar-refractivity contribution in [3.8, 4) is 0 Å². The Bertz CT molecular complexity index is 1160. The van der Waals surface area contributed by atoms with Crippen molar-refractivity contribution >= 4 is 11.8 Å². The lowest BCUT2D eigenvalue weighted by molar-refractivity contribution is -0.163. The molecule has 2 heterocycles. The number of hydrogen-bond donors (Lipinski definition) is 1. The first-order valence-corrected chi connectivity index (χ1v) is 17.1. The number of halogens is 1. The number of ketones is 1. The smallest absolute Gasteiger partial charge is 0.335 e. The molecule has 0 radical (unpaired) electrons. The maximum Gasteiger partial charge on any atom is 0.335 e. The second-order valence-electron chi connectivity index (χ2n) is 13.0. The zero-order chi connectivity index (χ0) is 33.4. The Morgan fingerprint density at radius 2 is 1.47 bits per heavy atom. The quantitative estimate of drug-likeness (QED) is 0.113. The first kappa shape index (κ1) is 38.8. The predicted molar refractivity (Wildman–Crippen MR) is 170 cm³/mol. The Hall–Kier alpha value is -2.37. The van der Waals surface area contributed by atoms with E-state index >= 15 is 0 Å². The van der Waals surface area contributed by atoms with Gasteiger partial charge in [0.15, 0.2) is 11.4 Å². The number of nitrogens with zero attached hydrogens (tertiary/aromatic N) is 2. The van der Waals surface area contributed by atoms with E-state index in [0.29, 0.717) is 17.4 Å². The van der Waals surface area contributed by atoms with Gasteiger partial charge < -0.3 is 19.3 Å². The van der Waals surface area contributed by atoms with Crippen molar-refractivity contribution in [3.05, 3.63) is 32.9 Å². The van der Waals surface area contributed by atoms with Crippen molar-refractivity contribution in [2.75, 3.05) is 13.2 Å². The van der Waals surface area contributed by atoms with Crippen LogP contribution in [-0.4, -0.2) is 50.9 Å². The van der Waals surface area contributed by atoms with Crippen LogP contribution < -0.4 is 11.2 Å². The molecule has 0 amide bonds. The van der Waals surface area contributed by atoms with Gasteiger partial charge in [0, 0.05) is 18.9 Å². The zero-order valence-electron chi connectivity index (χ0n) is 28.2. The van der Waals surface area contributed by atoms with Gasteiger partial charge in [0.25, 0.3) is 5.56 Å². The first-order valence-electron chi connectivity index (χ1n) is 17.1. The van der Waals surface area contributed by atoms with Crippen molar-refractivity contribution in [2.45, 2.75) is 156 Å². The summed E-state index contributed by atoms with van der Waals surface area (Å²) in [5.41, 5.74) is -4.12. The molecule has 1 saturated heterocycles. The predicted octanol–water partition coefficient (Wildman–Crippen LogP) is 6.05. The third kappa shape index (κ3) is 12.1. The Kier molecular flexibility index (Phi) is 17.2. The minimum atomic E-state index is -2.09. The summed E-state index contributed by atoms with van der Waals surface area (Å²) in [5.74, 6) is -3.35. The van der Waals surface area contributed by atoms with Gasteiger partial charge in [-0.3, -0.25) is 19.0 Å². The van der Waals surface area contributed by atoms with Crippen LogP contribution in [0.15, 0.2) is 15.8 Å². The number of ether oxygens (including phenoxy) is 3. The average Bonchev–Trinajstić information content (AvgIpc) is 3.35. The summed E-state index contributed by atoms with van der Waals surface area (Å²) >= 11 is 0. The van der Waals surface area contributed by atoms with Gasteiger partial charge in [0.2, 0.25) is 5.82 Å². The Balaban J connectivity index is 1.86. The number of carbonyl (C=O) groups excluding carboxylic acids is 2. The molecule has 258 valence electrons. The molecule has 1 N–H and O–H groups in total. The van der Waals surface area contributed by atoms with E-state index in [1.54, 1.807) is 27.7 Å². The third-order valence-corrected chi connectivity index (χ3v) is 8.47. The topological polar surface area (TPSA) is 126 Å². The normalized spacial score (nSPS) is 19.9. The second-order valence-corrected chi connectivity index (χ2v) is 13.0. The molecule has 10 nitrogen and oxygen atoms in total. The molecule has 3 atom stereocenters. The number of unbranched alkanes of at least 4 members (excludes halogenated alkanes) is 13. The fourth-order valence-corrected chi connectivity index (χ4v) is 5.64. The lowest BCUT2D eigenvalue weighted by Gasteiger charge is -2.28. The van der Waals surface area contributed by atoms with Gasteiger partial charge >= 0.3 is 11.7 Å². The van der Waals surface area contributed by atoms with Gasteiger partial charge in [-0.15, -0.1) is 0 Å². The number of aliphatic hydroxyl groups is 1. The van der Waals surface area contributed by atoms with Crippen molar-refractivity contribution in [1.29, 1.82) is 0 Å². The molecule has 2 rings (SSSR count). The monoisotopic (exact) mass is 640 g/mol. The highest BCUT2D eigenvalue weighted by Crippen LogP contribution is 2.38.